The van der Waals surface area contributed by atoms with Crippen molar-refractivity contribution >= 4 is 0 Å². The molecular weight excluding hydrogens is 386 g/mol. The summed E-state index contributed by atoms with van der Waals surface area (Å²) in [7, 11) is 0. The molecule has 0 amide bonds. The maximum absolute atomic E-state index is 4.90. The molecule has 1 aromatic heterocycles. The monoisotopic (exact) mass is 411 g/mol. The van der Waals surface area contributed by atoms with Gasteiger partial charge in [-0.1, -0.05) is 116 Å². The van der Waals surface area contributed by atoms with E-state index in [-0.39, 0.29) is 5.92 Å². The third kappa shape index (κ3) is 4.10. The molecule has 4 aromatic carbocycles. The molecule has 1 nitrogen and oxygen atoms in total. The van der Waals surface area contributed by atoms with Crippen LogP contribution in [0.15, 0.2) is 128 Å². The molecule has 0 saturated heterocycles. The summed E-state index contributed by atoms with van der Waals surface area (Å²) in [5.74, 6) is 0.255. The molecule has 0 bridgehead atoms. The second kappa shape index (κ2) is 9.03. The van der Waals surface area contributed by atoms with E-state index in [4.69, 9.17) is 4.98 Å². The molecule has 1 heterocycles. The Labute approximate surface area is 190 Å². The van der Waals surface area contributed by atoms with Crippen molar-refractivity contribution in [2.75, 3.05) is 0 Å². The first kappa shape index (κ1) is 20.0. The Balaban J connectivity index is 1.62. The minimum absolute atomic E-state index is 0.255. The highest BCUT2D eigenvalue weighted by molar-refractivity contribution is 5.75. The molecule has 1 heteroatoms. The molecule has 5 aromatic rings. The van der Waals surface area contributed by atoms with Gasteiger partial charge >= 0.3 is 0 Å². The first-order valence-electron chi connectivity index (χ1n) is 11.1. The molecule has 0 radical (unpaired) electrons. The third-order valence-electron chi connectivity index (χ3n) is 6.05. The lowest BCUT2D eigenvalue weighted by atomic mass is 9.87. The van der Waals surface area contributed by atoms with Gasteiger partial charge in [-0.25, -0.2) is 0 Å². The normalized spacial score (nSPS) is 11.8. The van der Waals surface area contributed by atoms with Gasteiger partial charge in [0.25, 0.3) is 0 Å². The van der Waals surface area contributed by atoms with Gasteiger partial charge in [0.1, 0.15) is 0 Å². The van der Waals surface area contributed by atoms with Crippen molar-refractivity contribution in [3.8, 4) is 33.5 Å². The van der Waals surface area contributed by atoms with E-state index in [0.29, 0.717) is 0 Å². The predicted octanol–water partition coefficient (Wildman–Crippen LogP) is 8.23. The summed E-state index contributed by atoms with van der Waals surface area (Å²) in [4.78, 5) is 4.90. The van der Waals surface area contributed by atoms with Gasteiger partial charge in [0.2, 0.25) is 0 Å². The SMILES string of the molecule is CC(c1ccccc1)c1cc(-c2cccc(-c3ccccc3)c2)ncc1-c1ccccc1. The summed E-state index contributed by atoms with van der Waals surface area (Å²) >= 11 is 0. The quantitative estimate of drug-likeness (QED) is 0.284. The zero-order valence-electron chi connectivity index (χ0n) is 18.1. The van der Waals surface area contributed by atoms with E-state index in [1.165, 1.54) is 33.4 Å². The lowest BCUT2D eigenvalue weighted by Crippen LogP contribution is -2.01. The first-order valence-corrected chi connectivity index (χ1v) is 11.1. The molecule has 0 fully saturated rings. The summed E-state index contributed by atoms with van der Waals surface area (Å²) in [6.07, 6.45) is 2.04. The number of pyridine rings is 1. The van der Waals surface area contributed by atoms with Crippen molar-refractivity contribution in [2.24, 2.45) is 0 Å². The van der Waals surface area contributed by atoms with Crippen molar-refractivity contribution < 1.29 is 0 Å². The van der Waals surface area contributed by atoms with Crippen molar-refractivity contribution in [3.05, 3.63) is 139 Å². The standard InChI is InChI=1S/C31H25N/c1-23(24-12-5-2-6-13-24)29-21-31(32-22-30(29)26-16-9-4-10-17-26)28-19-11-18-27(20-28)25-14-7-3-8-15-25/h2-23H,1H3. The summed E-state index contributed by atoms with van der Waals surface area (Å²) in [6.45, 7) is 2.28. The Kier molecular flexibility index (Phi) is 5.63. The largest absolute Gasteiger partial charge is 0.256 e. The van der Waals surface area contributed by atoms with Crippen LogP contribution in [0.1, 0.15) is 24.0 Å². The van der Waals surface area contributed by atoms with Gasteiger partial charge in [-0.2, -0.15) is 0 Å². The van der Waals surface area contributed by atoms with Crippen LogP contribution >= 0.6 is 0 Å². The number of rotatable bonds is 5. The lowest BCUT2D eigenvalue weighted by Gasteiger charge is -2.19. The van der Waals surface area contributed by atoms with Crippen LogP contribution in [0.5, 0.6) is 0 Å². The summed E-state index contributed by atoms with van der Waals surface area (Å²) in [6, 6.07) is 42.7. The van der Waals surface area contributed by atoms with E-state index in [1.807, 2.05) is 6.20 Å². The van der Waals surface area contributed by atoms with Gasteiger partial charge in [0, 0.05) is 23.2 Å². The van der Waals surface area contributed by atoms with Gasteiger partial charge in [0.05, 0.1) is 5.69 Å². The Hall–Kier alpha value is -3.97. The zero-order valence-corrected chi connectivity index (χ0v) is 18.1. The van der Waals surface area contributed by atoms with Gasteiger partial charge in [-0.15, -0.1) is 0 Å². The van der Waals surface area contributed by atoms with Crippen LogP contribution in [-0.4, -0.2) is 4.98 Å². The minimum atomic E-state index is 0.255. The maximum atomic E-state index is 4.90. The molecule has 32 heavy (non-hydrogen) atoms. The first-order chi connectivity index (χ1) is 15.8. The molecular formula is C31H25N. The summed E-state index contributed by atoms with van der Waals surface area (Å²) < 4.78 is 0. The smallest absolute Gasteiger partial charge is 0.0705 e. The van der Waals surface area contributed by atoms with E-state index in [1.54, 1.807) is 0 Å². The Bertz CT molecular complexity index is 1310. The van der Waals surface area contributed by atoms with Crippen LogP contribution in [0.25, 0.3) is 33.5 Å². The lowest BCUT2D eigenvalue weighted by molar-refractivity contribution is 0.921. The average molecular weight is 412 g/mol. The molecule has 0 saturated carbocycles. The molecule has 1 unspecified atom stereocenters. The van der Waals surface area contributed by atoms with Crippen LogP contribution < -0.4 is 0 Å². The zero-order chi connectivity index (χ0) is 21.8. The van der Waals surface area contributed by atoms with E-state index < -0.39 is 0 Å². The maximum Gasteiger partial charge on any atom is 0.0705 e. The fourth-order valence-corrected chi connectivity index (χ4v) is 4.26. The van der Waals surface area contributed by atoms with Crippen molar-refractivity contribution in [1.29, 1.82) is 0 Å². The van der Waals surface area contributed by atoms with Crippen molar-refractivity contribution in [2.45, 2.75) is 12.8 Å². The van der Waals surface area contributed by atoms with E-state index in [2.05, 4.69) is 128 Å². The van der Waals surface area contributed by atoms with Crippen molar-refractivity contribution in [1.82, 2.24) is 4.98 Å². The van der Waals surface area contributed by atoms with Crippen LogP contribution in [0, 0.1) is 0 Å². The molecule has 5 rings (SSSR count). The number of hydrogen-bond acceptors (Lipinski definition) is 1. The van der Waals surface area contributed by atoms with Gasteiger partial charge in [-0.05, 0) is 39.9 Å². The topological polar surface area (TPSA) is 12.9 Å². The van der Waals surface area contributed by atoms with Crippen LogP contribution in [0.2, 0.25) is 0 Å². The summed E-state index contributed by atoms with van der Waals surface area (Å²) in [5, 5.41) is 0. The number of hydrogen-bond donors (Lipinski definition) is 0. The fourth-order valence-electron chi connectivity index (χ4n) is 4.26. The third-order valence-corrected chi connectivity index (χ3v) is 6.05. The van der Waals surface area contributed by atoms with Crippen LogP contribution in [0.3, 0.4) is 0 Å². The second-order valence-corrected chi connectivity index (χ2v) is 8.10. The van der Waals surface area contributed by atoms with Gasteiger partial charge in [-0.3, -0.25) is 4.98 Å². The fraction of sp³-hybridized carbons (Fsp3) is 0.0645. The molecule has 0 aliphatic carbocycles. The van der Waals surface area contributed by atoms with Crippen LogP contribution in [-0.2, 0) is 0 Å². The Morgan fingerprint density at radius 2 is 1.09 bits per heavy atom. The van der Waals surface area contributed by atoms with Gasteiger partial charge in [0.15, 0.2) is 0 Å². The second-order valence-electron chi connectivity index (χ2n) is 8.10. The molecule has 0 aliphatic heterocycles. The molecule has 154 valence electrons. The Morgan fingerprint density at radius 3 is 1.78 bits per heavy atom. The highest BCUT2D eigenvalue weighted by Crippen LogP contribution is 2.35. The number of benzene rings is 4. The van der Waals surface area contributed by atoms with E-state index in [0.717, 1.165) is 11.3 Å². The van der Waals surface area contributed by atoms with Gasteiger partial charge < -0.3 is 0 Å². The number of nitrogens with zero attached hydrogens (tertiary/aromatic N) is 1. The predicted molar refractivity (Wildman–Crippen MR) is 135 cm³/mol. The Morgan fingerprint density at radius 1 is 0.531 bits per heavy atom. The molecule has 0 aliphatic rings. The highest BCUT2D eigenvalue weighted by Gasteiger charge is 2.16. The average Bonchev–Trinajstić information content (AvgIpc) is 2.89. The molecule has 0 N–H and O–H groups in total. The molecule has 0 spiro atoms. The summed E-state index contributed by atoms with van der Waals surface area (Å²) in [5.41, 5.74) is 9.53. The number of aromatic nitrogens is 1. The molecule has 1 atom stereocenters. The van der Waals surface area contributed by atoms with Crippen molar-refractivity contribution in [3.63, 3.8) is 0 Å². The van der Waals surface area contributed by atoms with E-state index in [9.17, 15) is 0 Å². The van der Waals surface area contributed by atoms with Crippen LogP contribution in [0.4, 0.5) is 0 Å². The minimum Gasteiger partial charge on any atom is -0.256 e. The van der Waals surface area contributed by atoms with E-state index >= 15 is 0 Å². The highest BCUT2D eigenvalue weighted by atomic mass is 14.7.